The maximum Gasteiger partial charge on any atom is 0.407 e. The predicted octanol–water partition coefficient (Wildman–Crippen LogP) is 2.28. The van der Waals surface area contributed by atoms with Crippen LogP contribution in [-0.2, 0) is 16.0 Å². The van der Waals surface area contributed by atoms with E-state index in [4.69, 9.17) is 4.74 Å². The van der Waals surface area contributed by atoms with E-state index in [0.717, 1.165) is 5.56 Å². The minimum Gasteiger partial charge on any atom is -0.465 e. The molecule has 10 heteroatoms. The zero-order valence-electron chi connectivity index (χ0n) is 19.2. The molecule has 33 heavy (non-hydrogen) atoms. The van der Waals surface area contributed by atoms with Crippen LogP contribution in [-0.4, -0.2) is 70.9 Å². The number of hydrogen-bond donors (Lipinski definition) is 3. The minimum atomic E-state index is -0.956. The van der Waals surface area contributed by atoms with Crippen LogP contribution in [0.3, 0.4) is 0 Å². The van der Waals surface area contributed by atoms with Gasteiger partial charge in [0.1, 0.15) is 11.6 Å². The van der Waals surface area contributed by atoms with E-state index in [-0.39, 0.29) is 29.8 Å². The first-order valence-electron chi connectivity index (χ1n) is 11.0. The fourth-order valence-corrected chi connectivity index (χ4v) is 3.72. The number of carboxylic acid groups (broad SMARTS) is 1. The van der Waals surface area contributed by atoms with Gasteiger partial charge in [-0.1, -0.05) is 19.1 Å². The molecule has 3 rings (SSSR count). The highest BCUT2D eigenvalue weighted by molar-refractivity contribution is 5.91. The fraction of sp³-hybridized carbons (Fsp3) is 0.478. The van der Waals surface area contributed by atoms with Crippen molar-refractivity contribution in [2.24, 2.45) is 0 Å². The molecule has 2 aromatic rings. The highest BCUT2D eigenvalue weighted by atomic mass is 16.5. The van der Waals surface area contributed by atoms with Gasteiger partial charge < -0.3 is 29.9 Å². The third-order valence-electron chi connectivity index (χ3n) is 5.52. The van der Waals surface area contributed by atoms with Gasteiger partial charge in [-0.25, -0.2) is 9.78 Å². The largest absolute Gasteiger partial charge is 0.465 e. The smallest absolute Gasteiger partial charge is 0.407 e. The summed E-state index contributed by atoms with van der Waals surface area (Å²) < 4.78 is 5.33. The second kappa shape index (κ2) is 11.0. The number of amides is 2. The molecule has 0 bridgehead atoms. The molecular weight excluding hydrogens is 426 g/mol. The monoisotopic (exact) mass is 457 g/mol. The number of hydrogen-bond acceptors (Lipinski definition) is 6. The zero-order valence-corrected chi connectivity index (χ0v) is 19.2. The molecule has 10 nitrogen and oxygen atoms in total. The Kier molecular flexibility index (Phi) is 8.05. The number of nitrogens with one attached hydrogen (secondary N) is 2. The summed E-state index contributed by atoms with van der Waals surface area (Å²) in [4.78, 5) is 46.6. The molecule has 1 aromatic heterocycles. The van der Waals surface area contributed by atoms with Crippen molar-refractivity contribution in [3.8, 4) is 0 Å². The number of benzene rings is 1. The Labute approximate surface area is 192 Å². The molecule has 1 unspecified atom stereocenters. The van der Waals surface area contributed by atoms with Gasteiger partial charge in [-0.3, -0.25) is 9.59 Å². The highest BCUT2D eigenvalue weighted by Gasteiger charge is 2.20. The summed E-state index contributed by atoms with van der Waals surface area (Å²) in [6.07, 6.45) is -1.03. The average molecular weight is 458 g/mol. The van der Waals surface area contributed by atoms with Crippen LogP contribution in [0, 0.1) is 0 Å². The van der Waals surface area contributed by atoms with E-state index >= 15 is 0 Å². The number of carbonyl (C=O) groups excluding carboxylic acids is 1. The van der Waals surface area contributed by atoms with E-state index in [1.807, 2.05) is 43.9 Å². The number of H-pyrrole nitrogens is 1. The second-order valence-corrected chi connectivity index (χ2v) is 8.43. The van der Waals surface area contributed by atoms with Crippen LogP contribution in [0.1, 0.15) is 38.1 Å². The lowest BCUT2D eigenvalue weighted by molar-refractivity contribution is -0.115. The van der Waals surface area contributed by atoms with Gasteiger partial charge in [-0.2, -0.15) is 0 Å². The zero-order chi connectivity index (χ0) is 24.0. The molecule has 1 atom stereocenters. The van der Waals surface area contributed by atoms with Crippen molar-refractivity contribution in [3.05, 3.63) is 52.1 Å². The average Bonchev–Trinajstić information content (AvgIpc) is 2.77. The van der Waals surface area contributed by atoms with Gasteiger partial charge in [0.25, 0.3) is 5.56 Å². The van der Waals surface area contributed by atoms with E-state index in [0.29, 0.717) is 50.2 Å². The number of ether oxygens (including phenoxy) is 1. The van der Waals surface area contributed by atoms with Crippen molar-refractivity contribution in [2.75, 3.05) is 43.1 Å². The number of nitrogens with zero attached hydrogens (tertiary/aromatic N) is 3. The van der Waals surface area contributed by atoms with Crippen molar-refractivity contribution < 1.29 is 19.4 Å². The maximum atomic E-state index is 12.6. The van der Waals surface area contributed by atoms with Crippen LogP contribution < -0.4 is 15.8 Å². The van der Waals surface area contributed by atoms with Gasteiger partial charge in [0, 0.05) is 37.4 Å². The van der Waals surface area contributed by atoms with Crippen molar-refractivity contribution in [1.82, 2.24) is 14.9 Å². The van der Waals surface area contributed by atoms with Crippen LogP contribution in [0.15, 0.2) is 35.1 Å². The summed E-state index contributed by atoms with van der Waals surface area (Å²) in [6, 6.07) is 8.63. The fourth-order valence-electron chi connectivity index (χ4n) is 3.72. The lowest BCUT2D eigenvalue weighted by Gasteiger charge is -2.27. The molecule has 2 amide bonds. The standard InChI is InChI=1S/C23H31N5O5/c1-15(2)28(23(31)32)14-16(3)17-5-4-6-18(11-17)24-21(29)12-19-25-20(13-22(30)26-19)27-7-9-33-10-8-27/h4-6,11,13,15-16H,7-10,12,14H2,1-3H3,(H,24,29)(H,31,32)(H,25,26,30). The SMILES string of the molecule is CC(CN(C(=O)O)C(C)C)c1cccc(NC(=O)Cc2nc(N3CCOCC3)cc(=O)[nH]2)c1. The van der Waals surface area contributed by atoms with Gasteiger partial charge in [-0.05, 0) is 37.5 Å². The maximum absolute atomic E-state index is 12.6. The normalized spacial score (nSPS) is 14.7. The number of anilines is 2. The van der Waals surface area contributed by atoms with Crippen molar-refractivity contribution in [2.45, 2.75) is 39.2 Å². The van der Waals surface area contributed by atoms with Crippen molar-refractivity contribution in [3.63, 3.8) is 0 Å². The lowest BCUT2D eigenvalue weighted by atomic mass is 9.99. The third kappa shape index (κ3) is 6.79. The molecule has 1 fully saturated rings. The van der Waals surface area contributed by atoms with Crippen molar-refractivity contribution >= 4 is 23.5 Å². The van der Waals surface area contributed by atoms with Crippen LogP contribution in [0.2, 0.25) is 0 Å². The van der Waals surface area contributed by atoms with Crippen LogP contribution >= 0.6 is 0 Å². The summed E-state index contributed by atoms with van der Waals surface area (Å²) in [7, 11) is 0. The van der Waals surface area contributed by atoms with Crippen molar-refractivity contribution in [1.29, 1.82) is 0 Å². The molecule has 1 aliphatic rings. The Morgan fingerprint density at radius 2 is 1.97 bits per heavy atom. The van der Waals surface area contributed by atoms with Crippen LogP contribution in [0.4, 0.5) is 16.3 Å². The first-order valence-corrected chi connectivity index (χ1v) is 11.0. The van der Waals surface area contributed by atoms with Gasteiger partial charge in [-0.15, -0.1) is 0 Å². The van der Waals surface area contributed by atoms with E-state index in [1.54, 1.807) is 6.07 Å². The Bertz CT molecular complexity index is 1030. The molecule has 2 heterocycles. The van der Waals surface area contributed by atoms with Gasteiger partial charge in [0.2, 0.25) is 5.91 Å². The number of carbonyl (C=O) groups is 2. The first-order chi connectivity index (χ1) is 15.7. The molecule has 178 valence electrons. The first kappa shape index (κ1) is 24.2. The summed E-state index contributed by atoms with van der Waals surface area (Å²) >= 11 is 0. The highest BCUT2D eigenvalue weighted by Crippen LogP contribution is 2.21. The summed E-state index contributed by atoms with van der Waals surface area (Å²) in [5.74, 6) is 0.467. The summed E-state index contributed by atoms with van der Waals surface area (Å²) in [6.45, 7) is 8.40. The van der Waals surface area contributed by atoms with Gasteiger partial charge in [0.05, 0.1) is 19.6 Å². The van der Waals surface area contributed by atoms with Gasteiger partial charge in [0.15, 0.2) is 0 Å². The number of morpholine rings is 1. The molecule has 1 saturated heterocycles. The molecule has 0 saturated carbocycles. The van der Waals surface area contributed by atoms with E-state index in [9.17, 15) is 19.5 Å². The number of aromatic nitrogens is 2. The van der Waals surface area contributed by atoms with E-state index in [1.165, 1.54) is 11.0 Å². The molecule has 1 aromatic carbocycles. The lowest BCUT2D eigenvalue weighted by Crippen LogP contribution is -2.38. The predicted molar refractivity (Wildman–Crippen MR) is 125 cm³/mol. The molecule has 0 aliphatic carbocycles. The topological polar surface area (TPSA) is 128 Å². The summed E-state index contributed by atoms with van der Waals surface area (Å²) in [5.41, 5.74) is 1.21. The van der Waals surface area contributed by atoms with E-state index < -0.39 is 6.09 Å². The third-order valence-corrected chi connectivity index (χ3v) is 5.52. The summed E-state index contributed by atoms with van der Waals surface area (Å²) in [5, 5.41) is 12.2. The van der Waals surface area contributed by atoms with E-state index in [2.05, 4.69) is 15.3 Å². The Morgan fingerprint density at radius 3 is 2.64 bits per heavy atom. The minimum absolute atomic E-state index is 0.0522. The number of rotatable bonds is 8. The Balaban J connectivity index is 1.66. The molecular formula is C23H31N5O5. The van der Waals surface area contributed by atoms with Gasteiger partial charge >= 0.3 is 6.09 Å². The Morgan fingerprint density at radius 1 is 1.24 bits per heavy atom. The Hall–Kier alpha value is -3.40. The molecule has 0 radical (unpaired) electrons. The van der Waals surface area contributed by atoms with Crippen LogP contribution in [0.5, 0.6) is 0 Å². The second-order valence-electron chi connectivity index (χ2n) is 8.43. The number of aromatic amines is 1. The molecule has 3 N–H and O–H groups in total. The quantitative estimate of drug-likeness (QED) is 0.555. The van der Waals surface area contributed by atoms with Crippen LogP contribution in [0.25, 0.3) is 0 Å². The molecule has 0 spiro atoms. The molecule has 1 aliphatic heterocycles.